The minimum absolute atomic E-state index is 0.261. The van der Waals surface area contributed by atoms with Crippen molar-refractivity contribution in [3.63, 3.8) is 0 Å². The molecule has 0 aromatic rings. The van der Waals surface area contributed by atoms with Crippen molar-refractivity contribution in [2.75, 3.05) is 6.61 Å². The predicted molar refractivity (Wildman–Crippen MR) is 94.3 cm³/mol. The molecule has 7 nitrogen and oxygen atoms in total. The first-order valence-electron chi connectivity index (χ1n) is 7.60. The minimum atomic E-state index is -5.07. The minimum Gasteiger partial charge on any atom is -0.302 e. The van der Waals surface area contributed by atoms with Gasteiger partial charge in [0, 0.05) is 0 Å². The van der Waals surface area contributed by atoms with E-state index < -0.39 is 15.6 Å². The molecule has 0 aromatic carbocycles. The van der Waals surface area contributed by atoms with Crippen molar-refractivity contribution >= 4 is 15.6 Å². The molecule has 0 heterocycles. The SMILES string of the molecule is CC(C)=CCCC(C)=CC[14CH2]C(C)=CCOP(=O)(O)OP(=O)(O)O. The van der Waals surface area contributed by atoms with Gasteiger partial charge < -0.3 is 14.7 Å². The molecular weight excluding hydrogens is 356 g/mol. The lowest BCUT2D eigenvalue weighted by Gasteiger charge is -2.11. The molecule has 0 radical (unpaired) electrons. The first-order chi connectivity index (χ1) is 10.9. The van der Waals surface area contributed by atoms with E-state index in [0.29, 0.717) is 0 Å². The Kier molecular flexibility index (Phi) is 10.9. The smallest absolute Gasteiger partial charge is 0.302 e. The van der Waals surface area contributed by atoms with Crippen LogP contribution in [0.25, 0.3) is 0 Å². The third-order valence-corrected chi connectivity index (χ3v) is 5.15. The summed E-state index contributed by atoms with van der Waals surface area (Å²) in [4.78, 5) is 26.1. The van der Waals surface area contributed by atoms with Crippen LogP contribution in [0.4, 0.5) is 0 Å². The summed E-state index contributed by atoms with van der Waals surface area (Å²) in [6, 6.07) is 0. The summed E-state index contributed by atoms with van der Waals surface area (Å²) < 4.78 is 29.9. The van der Waals surface area contributed by atoms with Crippen LogP contribution in [0.2, 0.25) is 0 Å². The highest BCUT2D eigenvalue weighted by Crippen LogP contribution is 2.57. The number of allylic oxidation sites excluding steroid dienone is 5. The summed E-state index contributed by atoms with van der Waals surface area (Å²) in [6.45, 7) is 7.82. The lowest BCUT2D eigenvalue weighted by molar-refractivity contribution is 0.191. The van der Waals surface area contributed by atoms with E-state index in [0.717, 1.165) is 31.3 Å². The molecule has 1 unspecified atom stereocenters. The van der Waals surface area contributed by atoms with Crippen molar-refractivity contribution < 1.29 is 32.6 Å². The molecule has 9 heteroatoms. The average molecular weight is 384 g/mol. The highest BCUT2D eigenvalue weighted by Gasteiger charge is 2.31. The fourth-order valence-corrected chi connectivity index (χ4v) is 3.30. The van der Waals surface area contributed by atoms with Crippen LogP contribution in [0.5, 0.6) is 0 Å². The zero-order valence-electron chi connectivity index (χ0n) is 14.6. The highest BCUT2D eigenvalue weighted by atomic mass is 31.3. The van der Waals surface area contributed by atoms with Gasteiger partial charge >= 0.3 is 15.6 Å². The van der Waals surface area contributed by atoms with Crippen LogP contribution in [-0.4, -0.2) is 21.3 Å². The van der Waals surface area contributed by atoms with Crippen molar-refractivity contribution in [1.29, 1.82) is 0 Å². The zero-order chi connectivity index (χ0) is 18.8. The predicted octanol–water partition coefficient (Wildman–Crippen LogP) is 4.63. The maximum atomic E-state index is 11.2. The number of phosphoric ester groups is 1. The molecule has 0 aliphatic heterocycles. The van der Waals surface area contributed by atoms with E-state index in [2.05, 4.69) is 41.8 Å². The summed E-state index contributed by atoms with van der Waals surface area (Å²) in [5.41, 5.74) is 3.57. The van der Waals surface area contributed by atoms with Crippen LogP contribution < -0.4 is 0 Å². The second-order valence-corrected chi connectivity index (χ2v) is 8.63. The zero-order valence-corrected chi connectivity index (χ0v) is 16.4. The van der Waals surface area contributed by atoms with Crippen molar-refractivity contribution in [3.8, 4) is 0 Å². The van der Waals surface area contributed by atoms with Crippen LogP contribution >= 0.6 is 15.6 Å². The molecule has 0 rings (SSSR count). The molecule has 0 fully saturated rings. The molecule has 0 spiro atoms. The van der Waals surface area contributed by atoms with Crippen LogP contribution in [0.15, 0.2) is 34.9 Å². The largest absolute Gasteiger partial charge is 0.481 e. The van der Waals surface area contributed by atoms with E-state index in [1.54, 1.807) is 6.08 Å². The molecule has 0 aliphatic rings. The van der Waals surface area contributed by atoms with Gasteiger partial charge in [-0.25, -0.2) is 9.13 Å². The second kappa shape index (κ2) is 11.2. The Morgan fingerprint density at radius 1 is 1.04 bits per heavy atom. The van der Waals surface area contributed by atoms with Gasteiger partial charge in [0.05, 0.1) is 6.61 Å². The van der Waals surface area contributed by atoms with Crippen LogP contribution in [0, 0.1) is 0 Å². The van der Waals surface area contributed by atoms with E-state index in [9.17, 15) is 9.13 Å². The van der Waals surface area contributed by atoms with Gasteiger partial charge in [0.15, 0.2) is 0 Å². The second-order valence-electron chi connectivity index (χ2n) is 5.80. The van der Waals surface area contributed by atoms with E-state index in [4.69, 9.17) is 14.7 Å². The van der Waals surface area contributed by atoms with E-state index in [-0.39, 0.29) is 6.61 Å². The third-order valence-electron chi connectivity index (χ3n) is 3.00. The summed E-state index contributed by atoms with van der Waals surface area (Å²) in [5, 5.41) is 0. The van der Waals surface area contributed by atoms with E-state index in [1.807, 2.05) is 6.92 Å². The van der Waals surface area contributed by atoms with Gasteiger partial charge in [-0.1, -0.05) is 34.9 Å². The highest BCUT2D eigenvalue weighted by molar-refractivity contribution is 7.60. The fourth-order valence-electron chi connectivity index (χ4n) is 1.77. The molecule has 140 valence electrons. The Balaban J connectivity index is 4.18. The van der Waals surface area contributed by atoms with E-state index >= 15 is 0 Å². The lowest BCUT2D eigenvalue weighted by Crippen LogP contribution is -1.94. The normalized spacial score (nSPS) is 16.0. The molecule has 0 aliphatic carbocycles. The summed E-state index contributed by atoms with van der Waals surface area (Å²) >= 11 is 0. The molecule has 1 atom stereocenters. The quantitative estimate of drug-likeness (QED) is 0.351. The fraction of sp³-hybridized carbons (Fsp3) is 0.600. The van der Waals surface area contributed by atoms with Gasteiger partial charge in [-0.2, -0.15) is 4.31 Å². The third kappa shape index (κ3) is 15.0. The Bertz CT molecular complexity index is 568. The first kappa shape index (κ1) is 23.5. The Hall–Kier alpha value is -0.520. The number of phosphoric acid groups is 2. The van der Waals surface area contributed by atoms with Gasteiger partial charge in [-0.3, -0.25) is 4.52 Å². The standard InChI is InChI=1S/C15H28O7P2/c1-13(2)7-5-8-14(3)9-6-10-15(4)11-12-21-24(19,20)22-23(16,17)18/h7,9,11H,5-6,8,10,12H2,1-4H3,(H,19,20)(H2,16,17,18)/i10+2. The van der Waals surface area contributed by atoms with Gasteiger partial charge in [0.2, 0.25) is 0 Å². The molecule has 3 N–H and O–H groups in total. The Morgan fingerprint density at radius 2 is 1.67 bits per heavy atom. The maximum Gasteiger partial charge on any atom is 0.481 e. The van der Waals surface area contributed by atoms with Crippen molar-refractivity contribution in [3.05, 3.63) is 34.9 Å². The summed E-state index contributed by atoms with van der Waals surface area (Å²) in [6.07, 6.45) is 9.59. The van der Waals surface area contributed by atoms with Gasteiger partial charge in [-0.15, -0.1) is 0 Å². The molecule has 0 aromatic heterocycles. The number of hydrogen-bond donors (Lipinski definition) is 3. The van der Waals surface area contributed by atoms with Crippen molar-refractivity contribution in [1.82, 2.24) is 0 Å². The molecule has 0 bridgehead atoms. The first-order valence-corrected chi connectivity index (χ1v) is 10.6. The molecule has 0 saturated heterocycles. The van der Waals surface area contributed by atoms with Gasteiger partial charge in [0.25, 0.3) is 0 Å². The van der Waals surface area contributed by atoms with Crippen LogP contribution in [0.1, 0.15) is 53.4 Å². The van der Waals surface area contributed by atoms with Gasteiger partial charge in [0.1, 0.15) is 0 Å². The van der Waals surface area contributed by atoms with E-state index in [1.165, 1.54) is 11.1 Å². The summed E-state index contributed by atoms with van der Waals surface area (Å²) in [7, 11) is -9.82. The molecule has 0 amide bonds. The molecule has 0 saturated carbocycles. The molecule has 24 heavy (non-hydrogen) atoms. The van der Waals surface area contributed by atoms with Crippen molar-refractivity contribution in [2.45, 2.75) is 53.4 Å². The lowest BCUT2D eigenvalue weighted by atomic mass is 10.1. The Labute approximate surface area is 143 Å². The number of rotatable bonds is 11. The topological polar surface area (TPSA) is 113 Å². The van der Waals surface area contributed by atoms with Crippen LogP contribution in [-0.2, 0) is 18.0 Å². The average Bonchev–Trinajstić information content (AvgIpc) is 2.34. The van der Waals surface area contributed by atoms with Crippen LogP contribution in [0.3, 0.4) is 0 Å². The molecular formula is C15H28O7P2. The van der Waals surface area contributed by atoms with Crippen molar-refractivity contribution in [2.24, 2.45) is 0 Å². The number of hydrogen-bond acceptors (Lipinski definition) is 4. The Morgan fingerprint density at radius 3 is 2.21 bits per heavy atom. The maximum absolute atomic E-state index is 11.2. The summed E-state index contributed by atoms with van der Waals surface area (Å²) in [5.74, 6) is 0. The van der Waals surface area contributed by atoms with Gasteiger partial charge in [-0.05, 0) is 53.4 Å². The monoisotopic (exact) mass is 384 g/mol.